The van der Waals surface area contributed by atoms with E-state index in [0.717, 1.165) is 0 Å². The Morgan fingerprint density at radius 1 is 0.255 bits per heavy atom. The van der Waals surface area contributed by atoms with Crippen molar-refractivity contribution in [2.45, 2.75) is 300 Å². The molecule has 0 bridgehead atoms. The molecule has 0 N–H and O–H groups in total. The molecule has 1 aromatic carbocycles. The number of aryl methyl sites for hydroxylation is 1. The summed E-state index contributed by atoms with van der Waals surface area (Å²) in [6, 6.07) is 7.28. The third kappa shape index (κ3) is 40.5. The molecule has 0 aliphatic rings. The van der Waals surface area contributed by atoms with E-state index in [1.165, 1.54) is 297 Å². The van der Waals surface area contributed by atoms with Gasteiger partial charge in [-0.05, 0) is 55.0 Å². The lowest BCUT2D eigenvalue weighted by Crippen LogP contribution is -1.87. The van der Waals surface area contributed by atoms with Crippen molar-refractivity contribution in [1.29, 1.82) is 0 Å². The van der Waals surface area contributed by atoms with Crippen LogP contribution in [0.25, 0.3) is 0 Å². The van der Waals surface area contributed by atoms with Crippen LogP contribution in [-0.4, -0.2) is 11.5 Å². The van der Waals surface area contributed by atoms with E-state index in [4.69, 9.17) is 0 Å². The molecule has 0 fully saturated rings. The molecular formula is C53H100S2. The Bertz CT molecular complexity index is 798. The standard InChI is InChI=1S/C53H100S2/c1-4-6-8-10-12-14-16-18-20-22-24-26-28-30-32-34-36-38-40-42-44-46-54-52-48-51(3)49-53(50-52)55-47-45-43-41-39-37-35-33-31-29-27-25-23-21-19-17-15-13-11-9-7-5-2/h48-50H,4-47H2,1-3H3. The van der Waals surface area contributed by atoms with Crippen molar-refractivity contribution in [3.05, 3.63) is 23.8 Å². The van der Waals surface area contributed by atoms with E-state index in [9.17, 15) is 0 Å². The summed E-state index contributed by atoms with van der Waals surface area (Å²) in [5.74, 6) is 2.57. The molecule has 0 unspecified atom stereocenters. The lowest BCUT2D eigenvalue weighted by Gasteiger charge is -2.08. The van der Waals surface area contributed by atoms with Gasteiger partial charge in [-0.15, -0.1) is 23.5 Å². The molecule has 0 aliphatic heterocycles. The first-order chi connectivity index (χ1) is 27.3. The van der Waals surface area contributed by atoms with Gasteiger partial charge in [0.2, 0.25) is 0 Å². The van der Waals surface area contributed by atoms with Gasteiger partial charge in [0.15, 0.2) is 0 Å². The second-order valence-corrected chi connectivity index (χ2v) is 20.2. The van der Waals surface area contributed by atoms with Gasteiger partial charge in [0, 0.05) is 9.79 Å². The van der Waals surface area contributed by atoms with Crippen molar-refractivity contribution < 1.29 is 0 Å². The number of hydrogen-bond donors (Lipinski definition) is 0. The van der Waals surface area contributed by atoms with Crippen molar-refractivity contribution in [2.24, 2.45) is 0 Å². The maximum Gasteiger partial charge on any atom is 0.00857 e. The van der Waals surface area contributed by atoms with Gasteiger partial charge in [0.1, 0.15) is 0 Å². The van der Waals surface area contributed by atoms with Crippen molar-refractivity contribution in [3.8, 4) is 0 Å². The Kier molecular flexibility index (Phi) is 43.3. The van der Waals surface area contributed by atoms with Crippen LogP contribution >= 0.6 is 23.5 Å². The summed E-state index contributed by atoms with van der Waals surface area (Å²) in [5.41, 5.74) is 1.44. The molecule has 0 saturated carbocycles. The monoisotopic (exact) mass is 801 g/mol. The Labute approximate surface area is 357 Å². The van der Waals surface area contributed by atoms with Crippen LogP contribution in [-0.2, 0) is 0 Å². The van der Waals surface area contributed by atoms with Crippen molar-refractivity contribution in [3.63, 3.8) is 0 Å². The van der Waals surface area contributed by atoms with Crippen LogP contribution in [0.4, 0.5) is 0 Å². The maximum atomic E-state index is 2.47. The van der Waals surface area contributed by atoms with Crippen LogP contribution in [0.15, 0.2) is 28.0 Å². The predicted octanol–water partition coefficient (Wildman–Crippen LogP) is 20.6. The van der Waals surface area contributed by atoms with Crippen LogP contribution in [0.5, 0.6) is 0 Å². The van der Waals surface area contributed by atoms with Gasteiger partial charge >= 0.3 is 0 Å². The minimum atomic E-state index is 1.28. The van der Waals surface area contributed by atoms with Crippen LogP contribution in [0.3, 0.4) is 0 Å². The fraction of sp³-hybridized carbons (Fsp3) is 0.887. The fourth-order valence-corrected chi connectivity index (χ4v) is 10.5. The van der Waals surface area contributed by atoms with E-state index in [1.807, 2.05) is 0 Å². The SMILES string of the molecule is CCCCCCCCCCCCCCCCCCCCCCCSc1cc(C)cc(SCCCCCCCCCCCCCCCCCCCCCCC)c1. The van der Waals surface area contributed by atoms with E-state index in [-0.39, 0.29) is 0 Å². The molecule has 1 aromatic rings. The third-order valence-corrected chi connectivity index (χ3v) is 14.2. The van der Waals surface area contributed by atoms with Gasteiger partial charge < -0.3 is 0 Å². The zero-order valence-electron chi connectivity index (χ0n) is 38.2. The molecular weight excluding hydrogens is 701 g/mol. The Morgan fingerprint density at radius 3 is 0.636 bits per heavy atom. The summed E-state index contributed by atoms with van der Waals surface area (Å²) in [7, 11) is 0. The molecule has 0 aromatic heterocycles. The zero-order chi connectivity index (χ0) is 39.4. The molecule has 55 heavy (non-hydrogen) atoms. The Hall–Kier alpha value is -0.0800. The van der Waals surface area contributed by atoms with Gasteiger partial charge in [-0.3, -0.25) is 0 Å². The molecule has 0 atom stereocenters. The summed E-state index contributed by atoms with van der Waals surface area (Å²) in [4.78, 5) is 2.99. The molecule has 0 amide bonds. The summed E-state index contributed by atoms with van der Waals surface area (Å²) >= 11 is 4.19. The van der Waals surface area contributed by atoms with Crippen molar-refractivity contribution >= 4 is 23.5 Å². The summed E-state index contributed by atoms with van der Waals surface area (Å²) in [6.07, 6.45) is 61.3. The number of hydrogen-bond acceptors (Lipinski definition) is 2. The first-order valence-electron chi connectivity index (χ1n) is 25.6. The first-order valence-corrected chi connectivity index (χ1v) is 27.6. The number of rotatable bonds is 46. The Balaban J connectivity index is 1.83. The molecule has 0 heterocycles. The third-order valence-electron chi connectivity index (χ3n) is 12.1. The maximum absolute atomic E-state index is 2.47. The smallest absolute Gasteiger partial charge is 0.00857 e. The quantitative estimate of drug-likeness (QED) is 0.0476. The van der Waals surface area contributed by atoms with Crippen LogP contribution in [0.2, 0.25) is 0 Å². The molecule has 0 aliphatic carbocycles. The normalized spacial score (nSPS) is 11.6. The van der Waals surface area contributed by atoms with E-state index in [0.29, 0.717) is 0 Å². The highest BCUT2D eigenvalue weighted by Gasteiger charge is 2.03. The predicted molar refractivity (Wildman–Crippen MR) is 258 cm³/mol. The lowest BCUT2D eigenvalue weighted by molar-refractivity contribution is 0.521. The highest BCUT2D eigenvalue weighted by Crippen LogP contribution is 2.29. The molecule has 324 valence electrons. The summed E-state index contributed by atoms with van der Waals surface area (Å²) in [6.45, 7) is 6.90. The lowest BCUT2D eigenvalue weighted by atomic mass is 10.0. The van der Waals surface area contributed by atoms with E-state index in [1.54, 1.807) is 0 Å². The van der Waals surface area contributed by atoms with Gasteiger partial charge in [-0.25, -0.2) is 0 Å². The largest absolute Gasteiger partial charge is 0.126 e. The zero-order valence-corrected chi connectivity index (χ0v) is 39.8. The summed E-state index contributed by atoms with van der Waals surface area (Å²) < 4.78 is 0. The molecule has 0 spiro atoms. The Morgan fingerprint density at radius 2 is 0.436 bits per heavy atom. The van der Waals surface area contributed by atoms with Crippen LogP contribution < -0.4 is 0 Å². The highest BCUT2D eigenvalue weighted by atomic mass is 32.2. The summed E-state index contributed by atoms with van der Waals surface area (Å²) in [5, 5.41) is 0. The van der Waals surface area contributed by atoms with Gasteiger partial charge in [-0.1, -0.05) is 271 Å². The molecule has 0 radical (unpaired) electrons. The van der Waals surface area contributed by atoms with Crippen molar-refractivity contribution in [2.75, 3.05) is 11.5 Å². The molecule has 0 saturated heterocycles. The second kappa shape index (κ2) is 45.0. The van der Waals surface area contributed by atoms with E-state index in [2.05, 4.69) is 62.5 Å². The minimum Gasteiger partial charge on any atom is -0.126 e. The second-order valence-electron chi connectivity index (χ2n) is 17.8. The average Bonchev–Trinajstić information content (AvgIpc) is 3.18. The molecule has 1 rings (SSSR count). The highest BCUT2D eigenvalue weighted by molar-refractivity contribution is 8.00. The number of benzene rings is 1. The first kappa shape index (κ1) is 52.9. The van der Waals surface area contributed by atoms with Crippen LogP contribution in [0, 0.1) is 6.92 Å². The van der Waals surface area contributed by atoms with Crippen LogP contribution in [0.1, 0.15) is 289 Å². The average molecular weight is 802 g/mol. The molecule has 0 nitrogen and oxygen atoms in total. The molecule has 2 heteroatoms. The van der Waals surface area contributed by atoms with Gasteiger partial charge in [0.05, 0.1) is 0 Å². The van der Waals surface area contributed by atoms with Crippen molar-refractivity contribution in [1.82, 2.24) is 0 Å². The van der Waals surface area contributed by atoms with E-state index >= 15 is 0 Å². The minimum absolute atomic E-state index is 1.28. The number of unbranched alkanes of at least 4 members (excludes halogenated alkanes) is 40. The number of thioether (sulfide) groups is 2. The van der Waals surface area contributed by atoms with Gasteiger partial charge in [0.25, 0.3) is 0 Å². The van der Waals surface area contributed by atoms with Gasteiger partial charge in [-0.2, -0.15) is 0 Å². The van der Waals surface area contributed by atoms with E-state index < -0.39 is 0 Å². The topological polar surface area (TPSA) is 0 Å². The fourth-order valence-electron chi connectivity index (χ4n) is 8.33.